The van der Waals surface area contributed by atoms with Crippen molar-refractivity contribution in [1.82, 2.24) is 9.88 Å². The summed E-state index contributed by atoms with van der Waals surface area (Å²) in [5.74, 6) is -1.37. The van der Waals surface area contributed by atoms with Gasteiger partial charge in [0.1, 0.15) is 5.57 Å². The van der Waals surface area contributed by atoms with E-state index in [1.165, 1.54) is 6.08 Å². The molecule has 0 spiro atoms. The highest BCUT2D eigenvalue weighted by atomic mass is 16.2. The number of carbonyl (C=O) groups excluding carboxylic acids is 3. The number of barbiturate groups is 1. The third-order valence-corrected chi connectivity index (χ3v) is 5.45. The number of hydrogen-bond acceptors (Lipinski definition) is 3. The van der Waals surface area contributed by atoms with Crippen molar-refractivity contribution >= 4 is 40.4 Å². The van der Waals surface area contributed by atoms with Crippen LogP contribution in [0.4, 0.5) is 10.5 Å². The Morgan fingerprint density at radius 3 is 2.41 bits per heavy atom. The van der Waals surface area contributed by atoms with Crippen LogP contribution in [0.15, 0.2) is 90.6 Å². The third-order valence-electron chi connectivity index (χ3n) is 5.45. The maximum absolute atomic E-state index is 13.2. The molecular weight excluding hydrogens is 402 g/mol. The number of aryl methyl sites for hydroxylation is 1. The number of nitrogens with zero attached hydrogens (tertiary/aromatic N) is 2. The monoisotopic (exact) mass is 421 g/mol. The van der Waals surface area contributed by atoms with Crippen molar-refractivity contribution in [1.29, 1.82) is 0 Å². The zero-order chi connectivity index (χ0) is 22.2. The summed E-state index contributed by atoms with van der Waals surface area (Å²) in [5, 5.41) is 4.48. The van der Waals surface area contributed by atoms with E-state index >= 15 is 0 Å². The van der Waals surface area contributed by atoms with Gasteiger partial charge in [-0.3, -0.25) is 14.9 Å². The van der Waals surface area contributed by atoms with Gasteiger partial charge in [-0.2, -0.15) is 0 Å². The topological polar surface area (TPSA) is 71.4 Å². The minimum atomic E-state index is -0.757. The normalized spacial score (nSPS) is 15.5. The van der Waals surface area contributed by atoms with Gasteiger partial charge >= 0.3 is 6.03 Å². The quantitative estimate of drug-likeness (QED) is 0.388. The molecule has 6 heteroatoms. The molecule has 2 heterocycles. The number of aromatic nitrogens is 1. The molecule has 0 radical (unpaired) electrons. The van der Waals surface area contributed by atoms with Gasteiger partial charge in [0.25, 0.3) is 11.8 Å². The van der Waals surface area contributed by atoms with Crippen molar-refractivity contribution in [3.05, 3.63) is 102 Å². The number of urea groups is 1. The van der Waals surface area contributed by atoms with E-state index in [1.54, 1.807) is 18.2 Å². The van der Waals surface area contributed by atoms with Gasteiger partial charge in [-0.25, -0.2) is 9.69 Å². The number of fused-ring (bicyclic) bond motifs is 1. The van der Waals surface area contributed by atoms with Crippen molar-refractivity contribution in [2.24, 2.45) is 0 Å². The highest BCUT2D eigenvalue weighted by molar-refractivity contribution is 6.39. The Bertz CT molecular complexity index is 1430. The molecule has 4 aromatic rings. The number of benzene rings is 3. The second kappa shape index (κ2) is 7.67. The van der Waals surface area contributed by atoms with Gasteiger partial charge < -0.3 is 4.57 Å². The van der Waals surface area contributed by atoms with E-state index in [0.717, 1.165) is 26.9 Å². The fourth-order valence-corrected chi connectivity index (χ4v) is 3.88. The second-order valence-corrected chi connectivity index (χ2v) is 7.63. The lowest BCUT2D eigenvalue weighted by atomic mass is 10.1. The lowest BCUT2D eigenvalue weighted by Gasteiger charge is -2.26. The summed E-state index contributed by atoms with van der Waals surface area (Å²) in [6, 6.07) is 24.0. The SMILES string of the molecule is Cc1cccc(N2C(=O)NC(=O)/C(=C\c3cccn3-c3ccc4ccccc4c3)C2=O)c1. The predicted octanol–water partition coefficient (Wildman–Crippen LogP) is 4.61. The van der Waals surface area contributed by atoms with E-state index in [0.29, 0.717) is 11.4 Å². The molecule has 32 heavy (non-hydrogen) atoms. The summed E-state index contributed by atoms with van der Waals surface area (Å²) in [7, 11) is 0. The molecule has 1 aliphatic heterocycles. The molecule has 156 valence electrons. The van der Waals surface area contributed by atoms with E-state index in [9.17, 15) is 14.4 Å². The number of nitrogens with one attached hydrogen (secondary N) is 1. The average Bonchev–Trinajstić information content (AvgIpc) is 3.24. The Kier molecular flexibility index (Phi) is 4.67. The Labute approximate surface area is 184 Å². The molecule has 1 aromatic heterocycles. The van der Waals surface area contributed by atoms with Crippen molar-refractivity contribution in [2.75, 3.05) is 4.90 Å². The Morgan fingerprint density at radius 2 is 1.59 bits per heavy atom. The molecule has 1 fully saturated rings. The Hall–Kier alpha value is -4.45. The number of hydrogen-bond donors (Lipinski definition) is 1. The number of amides is 4. The molecule has 0 saturated carbocycles. The average molecular weight is 421 g/mol. The van der Waals surface area contributed by atoms with E-state index in [4.69, 9.17) is 0 Å². The first-order valence-electron chi connectivity index (χ1n) is 10.2. The number of anilines is 1. The van der Waals surface area contributed by atoms with Crippen LogP contribution in [0.25, 0.3) is 22.5 Å². The minimum absolute atomic E-state index is 0.105. The predicted molar refractivity (Wildman–Crippen MR) is 123 cm³/mol. The first-order valence-corrected chi connectivity index (χ1v) is 10.2. The third kappa shape index (κ3) is 3.37. The molecule has 0 bridgehead atoms. The van der Waals surface area contributed by atoms with Gasteiger partial charge in [0, 0.05) is 17.6 Å². The van der Waals surface area contributed by atoms with Crippen LogP contribution in [0, 0.1) is 6.92 Å². The van der Waals surface area contributed by atoms with Crippen LogP contribution in [0.5, 0.6) is 0 Å². The lowest BCUT2D eigenvalue weighted by molar-refractivity contribution is -0.122. The van der Waals surface area contributed by atoms with Crippen LogP contribution in [-0.4, -0.2) is 22.4 Å². The van der Waals surface area contributed by atoms with Gasteiger partial charge in [0.05, 0.1) is 5.69 Å². The van der Waals surface area contributed by atoms with E-state index in [1.807, 2.05) is 78.4 Å². The van der Waals surface area contributed by atoms with Gasteiger partial charge in [0.2, 0.25) is 0 Å². The zero-order valence-corrected chi connectivity index (χ0v) is 17.3. The van der Waals surface area contributed by atoms with Gasteiger partial charge in [-0.15, -0.1) is 0 Å². The first-order chi connectivity index (χ1) is 15.5. The number of rotatable bonds is 3. The van der Waals surface area contributed by atoms with Crippen LogP contribution < -0.4 is 10.2 Å². The van der Waals surface area contributed by atoms with Gasteiger partial charge in [-0.05, 0) is 65.7 Å². The molecule has 0 aliphatic carbocycles. The van der Waals surface area contributed by atoms with Gasteiger partial charge in [0.15, 0.2) is 0 Å². The summed E-state index contributed by atoms with van der Waals surface area (Å²) in [5.41, 5.74) is 2.76. The zero-order valence-electron chi connectivity index (χ0n) is 17.3. The molecule has 3 aromatic carbocycles. The van der Waals surface area contributed by atoms with Gasteiger partial charge in [-0.1, -0.05) is 42.5 Å². The summed E-state index contributed by atoms with van der Waals surface area (Å²) in [6.07, 6.45) is 3.38. The smallest absolute Gasteiger partial charge is 0.317 e. The molecular formula is C26H19N3O3. The molecule has 0 atom stereocenters. The van der Waals surface area contributed by atoms with Crippen LogP contribution >= 0.6 is 0 Å². The van der Waals surface area contributed by atoms with E-state index < -0.39 is 17.8 Å². The highest BCUT2D eigenvalue weighted by Crippen LogP contribution is 2.25. The van der Waals surface area contributed by atoms with Crippen molar-refractivity contribution in [3.63, 3.8) is 0 Å². The molecule has 1 N–H and O–H groups in total. The van der Waals surface area contributed by atoms with Crippen LogP contribution in [0.1, 0.15) is 11.3 Å². The maximum atomic E-state index is 13.2. The maximum Gasteiger partial charge on any atom is 0.335 e. The van der Waals surface area contributed by atoms with Crippen molar-refractivity contribution < 1.29 is 14.4 Å². The molecule has 5 rings (SSSR count). The fourth-order valence-electron chi connectivity index (χ4n) is 3.88. The van der Waals surface area contributed by atoms with E-state index in [2.05, 4.69) is 5.32 Å². The van der Waals surface area contributed by atoms with Crippen molar-refractivity contribution in [3.8, 4) is 5.69 Å². The summed E-state index contributed by atoms with van der Waals surface area (Å²) in [4.78, 5) is 39.1. The molecule has 6 nitrogen and oxygen atoms in total. The standard InChI is InChI=1S/C26H19N3O3/c1-17-6-4-9-22(14-17)29-25(31)23(24(30)27-26(29)32)16-20-10-5-13-28(20)21-12-11-18-7-2-3-8-19(18)15-21/h2-16H,1H3,(H,27,30,32)/b23-16+. The minimum Gasteiger partial charge on any atom is -0.317 e. The summed E-state index contributed by atoms with van der Waals surface area (Å²) >= 11 is 0. The molecule has 4 amide bonds. The Morgan fingerprint density at radius 1 is 0.781 bits per heavy atom. The first kappa shape index (κ1) is 19.5. The van der Waals surface area contributed by atoms with Crippen LogP contribution in [0.3, 0.4) is 0 Å². The molecule has 1 aliphatic rings. The number of carbonyl (C=O) groups is 3. The summed E-state index contributed by atoms with van der Waals surface area (Å²) in [6.45, 7) is 1.87. The largest absolute Gasteiger partial charge is 0.335 e. The Balaban J connectivity index is 1.56. The van der Waals surface area contributed by atoms with Crippen LogP contribution in [0.2, 0.25) is 0 Å². The second-order valence-electron chi connectivity index (χ2n) is 7.63. The number of imide groups is 2. The van der Waals surface area contributed by atoms with Crippen molar-refractivity contribution in [2.45, 2.75) is 6.92 Å². The summed E-state index contributed by atoms with van der Waals surface area (Å²) < 4.78 is 1.90. The van der Waals surface area contributed by atoms with Crippen LogP contribution in [-0.2, 0) is 9.59 Å². The fraction of sp³-hybridized carbons (Fsp3) is 0.0385. The highest BCUT2D eigenvalue weighted by Gasteiger charge is 2.37. The molecule has 0 unspecified atom stereocenters. The molecule has 1 saturated heterocycles. The lowest BCUT2D eigenvalue weighted by Crippen LogP contribution is -2.54. The van der Waals surface area contributed by atoms with E-state index in [-0.39, 0.29) is 5.57 Å².